The molecule has 1 heterocycles. The quantitative estimate of drug-likeness (QED) is 0.688. The third-order valence-electron chi connectivity index (χ3n) is 3.97. The van der Waals surface area contributed by atoms with Gasteiger partial charge in [-0.3, -0.25) is 4.79 Å². The van der Waals surface area contributed by atoms with E-state index >= 15 is 0 Å². The zero-order chi connectivity index (χ0) is 19.2. The van der Waals surface area contributed by atoms with Gasteiger partial charge in [-0.15, -0.1) is 10.2 Å². The minimum Gasteiger partial charge on any atom is -0.484 e. The van der Waals surface area contributed by atoms with Gasteiger partial charge in [-0.2, -0.15) is 0 Å². The summed E-state index contributed by atoms with van der Waals surface area (Å²) < 4.78 is 5.45. The van der Waals surface area contributed by atoms with Crippen molar-refractivity contribution in [2.24, 2.45) is 0 Å². The van der Waals surface area contributed by atoms with E-state index in [4.69, 9.17) is 4.74 Å². The first-order chi connectivity index (χ1) is 13.0. The molecular weight excluding hydrogens is 340 g/mol. The Labute approximate surface area is 158 Å². The number of hydrogen-bond acceptors (Lipinski definition) is 5. The predicted molar refractivity (Wildman–Crippen MR) is 107 cm³/mol. The summed E-state index contributed by atoms with van der Waals surface area (Å²) >= 11 is 0. The van der Waals surface area contributed by atoms with Crippen LogP contribution in [0.5, 0.6) is 5.75 Å². The number of nitrogens with one attached hydrogen (secondary N) is 2. The molecule has 0 saturated carbocycles. The van der Waals surface area contributed by atoms with Crippen LogP contribution in [0.2, 0.25) is 0 Å². The summed E-state index contributed by atoms with van der Waals surface area (Å²) in [5.41, 5.74) is 4.44. The number of amides is 1. The van der Waals surface area contributed by atoms with Gasteiger partial charge in [0.1, 0.15) is 5.75 Å². The van der Waals surface area contributed by atoms with E-state index in [1.165, 1.54) is 5.56 Å². The van der Waals surface area contributed by atoms with E-state index in [1.807, 2.05) is 50.2 Å². The van der Waals surface area contributed by atoms with Crippen molar-refractivity contribution in [2.45, 2.75) is 20.8 Å². The van der Waals surface area contributed by atoms with Crippen LogP contribution < -0.4 is 15.4 Å². The molecule has 0 fully saturated rings. The second-order valence-electron chi connectivity index (χ2n) is 6.40. The van der Waals surface area contributed by atoms with Gasteiger partial charge in [-0.25, -0.2) is 0 Å². The average molecular weight is 362 g/mol. The van der Waals surface area contributed by atoms with Gasteiger partial charge in [-0.05, 0) is 56.7 Å². The van der Waals surface area contributed by atoms with Crippen LogP contribution in [-0.4, -0.2) is 22.7 Å². The van der Waals surface area contributed by atoms with Gasteiger partial charge in [0, 0.05) is 5.69 Å². The summed E-state index contributed by atoms with van der Waals surface area (Å²) in [6.07, 6.45) is 0. The van der Waals surface area contributed by atoms with Crippen molar-refractivity contribution in [3.8, 4) is 5.75 Å². The summed E-state index contributed by atoms with van der Waals surface area (Å²) in [6.45, 7) is 5.99. The molecule has 3 rings (SSSR count). The van der Waals surface area contributed by atoms with Gasteiger partial charge < -0.3 is 15.4 Å². The third kappa shape index (κ3) is 5.28. The maximum atomic E-state index is 12.0. The Morgan fingerprint density at radius 2 is 1.56 bits per heavy atom. The zero-order valence-electron chi connectivity index (χ0n) is 15.6. The third-order valence-corrected chi connectivity index (χ3v) is 3.97. The van der Waals surface area contributed by atoms with E-state index < -0.39 is 0 Å². The van der Waals surface area contributed by atoms with Crippen molar-refractivity contribution < 1.29 is 9.53 Å². The van der Waals surface area contributed by atoms with Crippen LogP contribution in [-0.2, 0) is 4.79 Å². The molecule has 0 aliphatic rings. The average Bonchev–Trinajstić information content (AvgIpc) is 2.65. The number of aryl methyl sites for hydroxylation is 3. The first-order valence-electron chi connectivity index (χ1n) is 8.67. The maximum absolute atomic E-state index is 12.0. The van der Waals surface area contributed by atoms with Gasteiger partial charge in [0.2, 0.25) is 0 Å². The summed E-state index contributed by atoms with van der Waals surface area (Å²) in [5, 5.41) is 14.0. The molecule has 0 radical (unpaired) electrons. The zero-order valence-corrected chi connectivity index (χ0v) is 15.6. The lowest BCUT2D eigenvalue weighted by atomic mass is 10.1. The van der Waals surface area contributed by atoms with Gasteiger partial charge in [0.25, 0.3) is 5.91 Å². The number of nitrogens with zero attached hydrogens (tertiary/aromatic N) is 2. The van der Waals surface area contributed by atoms with Gasteiger partial charge in [0.15, 0.2) is 18.2 Å². The highest BCUT2D eigenvalue weighted by molar-refractivity contribution is 5.90. The monoisotopic (exact) mass is 362 g/mol. The summed E-state index contributed by atoms with van der Waals surface area (Å²) in [5.74, 6) is 1.34. The highest BCUT2D eigenvalue weighted by Gasteiger charge is 2.06. The number of benzene rings is 2. The van der Waals surface area contributed by atoms with Crippen LogP contribution in [0.15, 0.2) is 54.6 Å². The molecule has 3 aromatic rings. The molecule has 0 unspecified atom stereocenters. The van der Waals surface area contributed by atoms with Gasteiger partial charge in [0.05, 0.1) is 0 Å². The molecule has 2 N–H and O–H groups in total. The molecule has 0 spiro atoms. The lowest BCUT2D eigenvalue weighted by Crippen LogP contribution is -2.21. The van der Waals surface area contributed by atoms with Crippen LogP contribution in [0.4, 0.5) is 17.3 Å². The molecule has 6 nitrogen and oxygen atoms in total. The van der Waals surface area contributed by atoms with E-state index in [2.05, 4.69) is 33.8 Å². The van der Waals surface area contributed by atoms with Crippen molar-refractivity contribution in [1.82, 2.24) is 10.2 Å². The van der Waals surface area contributed by atoms with Gasteiger partial charge >= 0.3 is 0 Å². The Hall–Kier alpha value is -3.41. The first kappa shape index (κ1) is 18.4. The molecule has 0 aliphatic carbocycles. The number of carbonyl (C=O) groups is 1. The van der Waals surface area contributed by atoms with E-state index in [1.54, 1.807) is 12.1 Å². The smallest absolute Gasteiger partial charge is 0.263 e. The predicted octanol–water partition coefficient (Wildman–Crippen LogP) is 4.16. The molecule has 1 aromatic heterocycles. The largest absolute Gasteiger partial charge is 0.484 e. The van der Waals surface area contributed by atoms with Crippen molar-refractivity contribution in [2.75, 3.05) is 17.2 Å². The highest BCUT2D eigenvalue weighted by atomic mass is 16.5. The number of rotatable bonds is 6. The van der Waals surface area contributed by atoms with E-state index in [9.17, 15) is 4.79 Å². The molecule has 2 aromatic carbocycles. The van der Waals surface area contributed by atoms with Crippen LogP contribution in [0.3, 0.4) is 0 Å². The highest BCUT2D eigenvalue weighted by Crippen LogP contribution is 2.20. The van der Waals surface area contributed by atoms with E-state index in [0.29, 0.717) is 17.4 Å². The lowest BCUT2D eigenvalue weighted by Gasteiger charge is -2.10. The molecule has 1 amide bonds. The fourth-order valence-electron chi connectivity index (χ4n) is 2.52. The van der Waals surface area contributed by atoms with Crippen LogP contribution in [0.1, 0.15) is 16.7 Å². The number of anilines is 3. The minimum absolute atomic E-state index is 0.0900. The van der Waals surface area contributed by atoms with E-state index in [0.717, 1.165) is 16.8 Å². The number of aromatic nitrogens is 2. The molecule has 0 aliphatic heterocycles. The van der Waals surface area contributed by atoms with Crippen molar-refractivity contribution >= 4 is 23.2 Å². The molecule has 0 atom stereocenters. The fourth-order valence-corrected chi connectivity index (χ4v) is 2.52. The second-order valence-corrected chi connectivity index (χ2v) is 6.40. The molecule has 0 bridgehead atoms. The van der Waals surface area contributed by atoms with Crippen LogP contribution in [0, 0.1) is 20.8 Å². The first-order valence-corrected chi connectivity index (χ1v) is 8.67. The SMILES string of the molecule is Cc1ccc(OCC(=O)Nc2ccc(Nc3ccc(C)cc3C)nn2)cc1. The van der Waals surface area contributed by atoms with E-state index in [-0.39, 0.29) is 12.5 Å². The van der Waals surface area contributed by atoms with Crippen molar-refractivity contribution in [3.05, 3.63) is 71.3 Å². The topological polar surface area (TPSA) is 76.1 Å². The Bertz CT molecular complexity index is 922. The normalized spacial score (nSPS) is 10.3. The summed E-state index contributed by atoms with van der Waals surface area (Å²) in [4.78, 5) is 12.0. The molecule has 27 heavy (non-hydrogen) atoms. The number of hydrogen-bond donors (Lipinski definition) is 2. The molecule has 0 saturated heterocycles. The molecule has 138 valence electrons. The summed E-state index contributed by atoms with van der Waals surface area (Å²) in [6, 6.07) is 17.1. The van der Waals surface area contributed by atoms with Crippen molar-refractivity contribution in [1.29, 1.82) is 0 Å². The Morgan fingerprint density at radius 3 is 2.22 bits per heavy atom. The van der Waals surface area contributed by atoms with Crippen LogP contribution >= 0.6 is 0 Å². The number of ether oxygens (including phenoxy) is 1. The Balaban J connectivity index is 1.53. The maximum Gasteiger partial charge on any atom is 0.263 e. The van der Waals surface area contributed by atoms with Crippen molar-refractivity contribution in [3.63, 3.8) is 0 Å². The Kier molecular flexibility index (Phi) is 5.66. The van der Waals surface area contributed by atoms with Crippen LogP contribution in [0.25, 0.3) is 0 Å². The van der Waals surface area contributed by atoms with Gasteiger partial charge in [-0.1, -0.05) is 35.4 Å². The fraction of sp³-hybridized carbons (Fsp3) is 0.190. The Morgan fingerprint density at radius 1 is 0.889 bits per heavy atom. The second kappa shape index (κ2) is 8.31. The number of carbonyl (C=O) groups excluding carboxylic acids is 1. The minimum atomic E-state index is -0.292. The lowest BCUT2D eigenvalue weighted by molar-refractivity contribution is -0.118. The standard InChI is InChI=1S/C21H22N4O2/c1-14-4-7-17(8-5-14)27-13-21(26)23-20-11-10-19(24-25-20)22-18-9-6-15(2)12-16(18)3/h4-12H,13H2,1-3H3,(H,22,24)(H,23,25,26). The summed E-state index contributed by atoms with van der Waals surface area (Å²) in [7, 11) is 0. The molecule has 6 heteroatoms. The molecular formula is C21H22N4O2.